The molecular weight excluding hydrogens is 348 g/mol. The van der Waals surface area contributed by atoms with Crippen LogP contribution in [-0.2, 0) is 6.42 Å². The first-order valence-electron chi connectivity index (χ1n) is 8.86. The monoisotopic (exact) mass is 374 g/mol. The van der Waals surface area contributed by atoms with E-state index in [1.54, 1.807) is 0 Å². The van der Waals surface area contributed by atoms with Gasteiger partial charge in [-0.05, 0) is 30.5 Å². The lowest BCUT2D eigenvalue weighted by atomic mass is 10.1. The van der Waals surface area contributed by atoms with Gasteiger partial charge in [0.2, 0.25) is 0 Å². The number of hydrogen-bond acceptors (Lipinski definition) is 2. The molecule has 1 aromatic heterocycles. The van der Waals surface area contributed by atoms with Crippen molar-refractivity contribution in [2.24, 2.45) is 0 Å². The van der Waals surface area contributed by atoms with Gasteiger partial charge in [-0.3, -0.25) is 0 Å². The first-order chi connectivity index (χ1) is 11.3. The zero-order valence-electron chi connectivity index (χ0n) is 14.1. The van der Waals surface area contributed by atoms with Crippen molar-refractivity contribution in [3.05, 3.63) is 46.7 Å². The van der Waals surface area contributed by atoms with Crippen LogP contribution in [0.25, 0.3) is 11.4 Å². The van der Waals surface area contributed by atoms with Crippen LogP contribution in [-0.4, -0.2) is 9.97 Å². The third-order valence-corrected chi connectivity index (χ3v) is 4.66. The minimum absolute atomic E-state index is 0.803. The van der Waals surface area contributed by atoms with Crippen LogP contribution in [0.15, 0.2) is 41.1 Å². The highest BCUT2D eigenvalue weighted by atomic mass is 79.9. The molecular formula is C20H27BrN2. The van der Waals surface area contributed by atoms with Crippen molar-refractivity contribution in [3.8, 4) is 11.4 Å². The Morgan fingerprint density at radius 2 is 1.35 bits per heavy atom. The van der Waals surface area contributed by atoms with E-state index in [2.05, 4.69) is 32.8 Å². The zero-order chi connectivity index (χ0) is 16.3. The molecule has 0 radical (unpaired) electrons. The summed E-state index contributed by atoms with van der Waals surface area (Å²) < 4.78 is 1.08. The standard InChI is InChI=1S/C20H27BrN2/c1-2-3-4-5-6-7-8-9-10-17-15-22-20(23-16-17)18-11-13-19(21)14-12-18/h11-16H,2-10H2,1H3. The molecule has 0 atom stereocenters. The number of rotatable bonds is 10. The second kappa shape index (κ2) is 10.5. The second-order valence-corrected chi connectivity index (χ2v) is 7.06. The number of aryl methyl sites for hydroxylation is 1. The van der Waals surface area contributed by atoms with Crippen molar-refractivity contribution in [2.45, 2.75) is 64.7 Å². The SMILES string of the molecule is CCCCCCCCCCc1cnc(-c2ccc(Br)cc2)nc1. The Balaban J connectivity index is 1.68. The fraction of sp³-hybridized carbons (Fsp3) is 0.500. The summed E-state index contributed by atoms with van der Waals surface area (Å²) >= 11 is 3.45. The molecule has 0 fully saturated rings. The maximum atomic E-state index is 4.50. The fourth-order valence-corrected chi connectivity index (χ4v) is 2.96. The van der Waals surface area contributed by atoms with E-state index in [0.717, 1.165) is 22.3 Å². The van der Waals surface area contributed by atoms with Gasteiger partial charge in [-0.2, -0.15) is 0 Å². The first-order valence-corrected chi connectivity index (χ1v) is 9.65. The number of hydrogen-bond donors (Lipinski definition) is 0. The molecule has 0 bridgehead atoms. The summed E-state index contributed by atoms with van der Waals surface area (Å²) in [6, 6.07) is 8.12. The quantitative estimate of drug-likeness (QED) is 0.438. The molecule has 0 saturated heterocycles. The van der Waals surface area contributed by atoms with Crippen molar-refractivity contribution in [1.29, 1.82) is 0 Å². The van der Waals surface area contributed by atoms with Gasteiger partial charge in [-0.1, -0.05) is 79.9 Å². The average Bonchev–Trinajstić information content (AvgIpc) is 2.59. The summed E-state index contributed by atoms with van der Waals surface area (Å²) in [7, 11) is 0. The largest absolute Gasteiger partial charge is 0.236 e. The maximum absolute atomic E-state index is 4.50. The van der Waals surface area contributed by atoms with E-state index in [1.165, 1.54) is 56.9 Å². The average molecular weight is 375 g/mol. The van der Waals surface area contributed by atoms with Crippen LogP contribution >= 0.6 is 15.9 Å². The number of nitrogens with zero attached hydrogens (tertiary/aromatic N) is 2. The Hall–Kier alpha value is -1.22. The Bertz CT molecular complexity index is 549. The molecule has 3 heteroatoms. The van der Waals surface area contributed by atoms with Crippen LogP contribution < -0.4 is 0 Å². The van der Waals surface area contributed by atoms with Gasteiger partial charge in [0.15, 0.2) is 5.82 Å². The summed E-state index contributed by atoms with van der Waals surface area (Å²) in [5.41, 5.74) is 2.31. The van der Waals surface area contributed by atoms with Gasteiger partial charge in [0.05, 0.1) is 0 Å². The van der Waals surface area contributed by atoms with Crippen molar-refractivity contribution >= 4 is 15.9 Å². The van der Waals surface area contributed by atoms with Gasteiger partial charge >= 0.3 is 0 Å². The molecule has 1 heterocycles. The number of unbranched alkanes of at least 4 members (excludes halogenated alkanes) is 7. The normalized spacial score (nSPS) is 10.9. The van der Waals surface area contributed by atoms with E-state index in [1.807, 2.05) is 36.7 Å². The van der Waals surface area contributed by atoms with Crippen LogP contribution in [0.4, 0.5) is 0 Å². The summed E-state index contributed by atoms with van der Waals surface area (Å²) in [5, 5.41) is 0. The van der Waals surface area contributed by atoms with Gasteiger partial charge in [-0.15, -0.1) is 0 Å². The molecule has 2 nitrogen and oxygen atoms in total. The zero-order valence-corrected chi connectivity index (χ0v) is 15.7. The summed E-state index contributed by atoms with van der Waals surface area (Å²) in [5.74, 6) is 0.803. The minimum Gasteiger partial charge on any atom is -0.236 e. The van der Waals surface area contributed by atoms with E-state index in [4.69, 9.17) is 0 Å². The van der Waals surface area contributed by atoms with Gasteiger partial charge in [0, 0.05) is 22.4 Å². The topological polar surface area (TPSA) is 25.8 Å². The molecule has 124 valence electrons. The van der Waals surface area contributed by atoms with Crippen molar-refractivity contribution in [3.63, 3.8) is 0 Å². The first kappa shape index (κ1) is 18.1. The maximum Gasteiger partial charge on any atom is 0.159 e. The number of aromatic nitrogens is 2. The molecule has 0 amide bonds. The smallest absolute Gasteiger partial charge is 0.159 e. The van der Waals surface area contributed by atoms with Crippen LogP contribution in [0, 0.1) is 0 Å². The van der Waals surface area contributed by atoms with E-state index in [-0.39, 0.29) is 0 Å². The van der Waals surface area contributed by atoms with Crippen molar-refractivity contribution in [1.82, 2.24) is 9.97 Å². The summed E-state index contributed by atoms with van der Waals surface area (Å²) in [4.78, 5) is 9.00. The molecule has 23 heavy (non-hydrogen) atoms. The molecule has 0 N–H and O–H groups in total. The highest BCUT2D eigenvalue weighted by molar-refractivity contribution is 9.10. The highest BCUT2D eigenvalue weighted by Gasteiger charge is 2.01. The molecule has 2 aromatic rings. The Kier molecular flexibility index (Phi) is 8.30. The number of benzene rings is 1. The van der Waals surface area contributed by atoms with E-state index in [9.17, 15) is 0 Å². The lowest BCUT2D eigenvalue weighted by Crippen LogP contribution is -1.93. The molecule has 0 aliphatic rings. The summed E-state index contributed by atoms with van der Waals surface area (Å²) in [6.07, 6.45) is 15.9. The lowest BCUT2D eigenvalue weighted by Gasteiger charge is -2.04. The third-order valence-electron chi connectivity index (χ3n) is 4.13. The molecule has 0 saturated carbocycles. The van der Waals surface area contributed by atoms with Gasteiger partial charge in [-0.25, -0.2) is 9.97 Å². The Labute approximate surface area is 148 Å². The van der Waals surface area contributed by atoms with E-state index >= 15 is 0 Å². The predicted octanol–water partition coefficient (Wildman–Crippen LogP) is 6.59. The van der Waals surface area contributed by atoms with Crippen molar-refractivity contribution in [2.75, 3.05) is 0 Å². The third kappa shape index (κ3) is 6.82. The van der Waals surface area contributed by atoms with Gasteiger partial charge < -0.3 is 0 Å². The van der Waals surface area contributed by atoms with Crippen LogP contribution in [0.3, 0.4) is 0 Å². The molecule has 0 unspecified atom stereocenters. The van der Waals surface area contributed by atoms with E-state index in [0.29, 0.717) is 0 Å². The molecule has 0 aliphatic carbocycles. The molecule has 0 aliphatic heterocycles. The van der Waals surface area contributed by atoms with Crippen LogP contribution in [0.2, 0.25) is 0 Å². The highest BCUT2D eigenvalue weighted by Crippen LogP contribution is 2.18. The molecule has 2 rings (SSSR count). The molecule has 0 spiro atoms. The Morgan fingerprint density at radius 3 is 1.96 bits per heavy atom. The van der Waals surface area contributed by atoms with Crippen molar-refractivity contribution < 1.29 is 0 Å². The summed E-state index contributed by atoms with van der Waals surface area (Å²) in [6.45, 7) is 2.27. The van der Waals surface area contributed by atoms with Crippen LogP contribution in [0.5, 0.6) is 0 Å². The van der Waals surface area contributed by atoms with E-state index < -0.39 is 0 Å². The molecule has 1 aromatic carbocycles. The predicted molar refractivity (Wildman–Crippen MR) is 101 cm³/mol. The van der Waals surface area contributed by atoms with Gasteiger partial charge in [0.25, 0.3) is 0 Å². The Morgan fingerprint density at radius 1 is 0.783 bits per heavy atom. The minimum atomic E-state index is 0.803. The fourth-order valence-electron chi connectivity index (χ4n) is 2.69. The second-order valence-electron chi connectivity index (χ2n) is 6.15. The van der Waals surface area contributed by atoms with Gasteiger partial charge in [0.1, 0.15) is 0 Å². The lowest BCUT2D eigenvalue weighted by molar-refractivity contribution is 0.575. The van der Waals surface area contributed by atoms with Crippen LogP contribution in [0.1, 0.15) is 63.9 Å². The number of halogens is 1.